The second-order valence-corrected chi connectivity index (χ2v) is 5.35. The molecule has 0 fully saturated rings. The number of benzene rings is 2. The maximum atomic E-state index is 12.3. The van der Waals surface area contributed by atoms with Crippen molar-refractivity contribution in [1.29, 1.82) is 0 Å². The number of halogens is 1. The molecular formula is C16H16BrNO2. The molecule has 0 aromatic heterocycles. The number of anilines is 1. The third-order valence-electron chi connectivity index (χ3n) is 3.01. The summed E-state index contributed by atoms with van der Waals surface area (Å²) in [5.74, 6) is -0.113. The van der Waals surface area contributed by atoms with Crippen molar-refractivity contribution in [3.63, 3.8) is 0 Å². The summed E-state index contributed by atoms with van der Waals surface area (Å²) in [7, 11) is 1.65. The van der Waals surface area contributed by atoms with Gasteiger partial charge in [0.25, 0.3) is 5.91 Å². The van der Waals surface area contributed by atoms with Gasteiger partial charge in [-0.3, -0.25) is 4.79 Å². The molecule has 0 heterocycles. The Bertz CT molecular complexity index is 626. The smallest absolute Gasteiger partial charge is 0.255 e. The lowest BCUT2D eigenvalue weighted by atomic mass is 10.1. The molecule has 0 saturated carbocycles. The lowest BCUT2D eigenvalue weighted by molar-refractivity contribution is 0.102. The van der Waals surface area contributed by atoms with Gasteiger partial charge in [0.2, 0.25) is 0 Å². The number of carbonyl (C=O) groups excluding carboxylic acids is 1. The quantitative estimate of drug-likeness (QED) is 0.912. The predicted molar refractivity (Wildman–Crippen MR) is 84.0 cm³/mol. The molecule has 4 heteroatoms. The van der Waals surface area contributed by atoms with Crippen molar-refractivity contribution in [1.82, 2.24) is 0 Å². The lowest BCUT2D eigenvalue weighted by Crippen LogP contribution is -2.13. The Kier molecular flexibility index (Phi) is 4.93. The van der Waals surface area contributed by atoms with Crippen LogP contribution in [0.15, 0.2) is 46.9 Å². The largest absolute Gasteiger partial charge is 0.380 e. The summed E-state index contributed by atoms with van der Waals surface area (Å²) in [5, 5.41) is 2.91. The second kappa shape index (κ2) is 6.68. The highest BCUT2D eigenvalue weighted by Crippen LogP contribution is 2.21. The molecule has 0 saturated heterocycles. The van der Waals surface area contributed by atoms with E-state index in [0.717, 1.165) is 21.3 Å². The molecule has 0 aliphatic carbocycles. The van der Waals surface area contributed by atoms with Crippen LogP contribution >= 0.6 is 15.9 Å². The maximum Gasteiger partial charge on any atom is 0.255 e. The molecule has 2 rings (SSSR count). The van der Waals surface area contributed by atoms with Gasteiger partial charge < -0.3 is 10.1 Å². The number of carbonyl (C=O) groups is 1. The zero-order valence-electron chi connectivity index (χ0n) is 11.4. The molecule has 3 nitrogen and oxygen atoms in total. The minimum absolute atomic E-state index is 0.113. The molecule has 2 aromatic rings. The van der Waals surface area contributed by atoms with Crippen LogP contribution in [0, 0.1) is 6.92 Å². The Hall–Kier alpha value is -1.65. The van der Waals surface area contributed by atoms with Crippen molar-refractivity contribution >= 4 is 27.5 Å². The van der Waals surface area contributed by atoms with Crippen molar-refractivity contribution in [3.05, 3.63) is 63.6 Å². The van der Waals surface area contributed by atoms with Crippen LogP contribution in [0.5, 0.6) is 0 Å². The summed E-state index contributed by atoms with van der Waals surface area (Å²) in [4.78, 5) is 12.3. The molecule has 0 unspecified atom stereocenters. The molecule has 1 N–H and O–H groups in total. The third-order valence-corrected chi connectivity index (χ3v) is 3.87. The van der Waals surface area contributed by atoms with Gasteiger partial charge in [-0.1, -0.05) is 34.1 Å². The Labute approximate surface area is 127 Å². The molecule has 104 valence electrons. The molecular weight excluding hydrogens is 318 g/mol. The summed E-state index contributed by atoms with van der Waals surface area (Å²) in [6, 6.07) is 13.2. The summed E-state index contributed by atoms with van der Waals surface area (Å²) in [5.41, 5.74) is 3.38. The second-order valence-electron chi connectivity index (χ2n) is 4.50. The SMILES string of the molecule is COCc1cccc(NC(=O)c2cccc(Br)c2C)c1. The number of methoxy groups -OCH3 is 1. The highest BCUT2D eigenvalue weighted by atomic mass is 79.9. The topological polar surface area (TPSA) is 38.3 Å². The van der Waals surface area contributed by atoms with Crippen LogP contribution in [-0.4, -0.2) is 13.0 Å². The van der Waals surface area contributed by atoms with Crippen LogP contribution in [0.4, 0.5) is 5.69 Å². The van der Waals surface area contributed by atoms with Gasteiger partial charge in [0.1, 0.15) is 0 Å². The zero-order chi connectivity index (χ0) is 14.5. The van der Waals surface area contributed by atoms with Crippen LogP contribution in [0.25, 0.3) is 0 Å². The van der Waals surface area contributed by atoms with Crippen LogP contribution in [-0.2, 0) is 11.3 Å². The van der Waals surface area contributed by atoms with Gasteiger partial charge in [-0.25, -0.2) is 0 Å². The molecule has 2 aromatic carbocycles. The first-order chi connectivity index (χ1) is 9.61. The van der Waals surface area contributed by atoms with Gasteiger partial charge in [-0.2, -0.15) is 0 Å². The molecule has 0 aliphatic rings. The van der Waals surface area contributed by atoms with E-state index in [1.54, 1.807) is 7.11 Å². The molecule has 0 spiro atoms. The number of amides is 1. The molecule has 0 radical (unpaired) electrons. The number of hydrogen-bond donors (Lipinski definition) is 1. The highest BCUT2D eigenvalue weighted by Gasteiger charge is 2.11. The van der Waals surface area contributed by atoms with E-state index in [1.807, 2.05) is 49.4 Å². The Morgan fingerprint density at radius 1 is 1.25 bits per heavy atom. The normalized spacial score (nSPS) is 10.3. The fourth-order valence-electron chi connectivity index (χ4n) is 1.96. The monoisotopic (exact) mass is 333 g/mol. The number of nitrogens with one attached hydrogen (secondary N) is 1. The number of ether oxygens (including phenoxy) is 1. The third kappa shape index (κ3) is 3.46. The summed E-state index contributed by atoms with van der Waals surface area (Å²) in [6.45, 7) is 2.44. The van der Waals surface area contributed by atoms with E-state index in [9.17, 15) is 4.79 Å². The summed E-state index contributed by atoms with van der Waals surface area (Å²) >= 11 is 3.44. The van der Waals surface area contributed by atoms with Gasteiger partial charge in [0.05, 0.1) is 6.61 Å². The minimum Gasteiger partial charge on any atom is -0.380 e. The Morgan fingerprint density at radius 2 is 2.00 bits per heavy atom. The lowest BCUT2D eigenvalue weighted by Gasteiger charge is -2.10. The Morgan fingerprint density at radius 3 is 2.75 bits per heavy atom. The molecule has 0 aliphatic heterocycles. The van der Waals surface area contributed by atoms with E-state index < -0.39 is 0 Å². The first kappa shape index (κ1) is 14.8. The van der Waals surface area contributed by atoms with Crippen molar-refractivity contribution in [2.75, 3.05) is 12.4 Å². The highest BCUT2D eigenvalue weighted by molar-refractivity contribution is 9.10. The Balaban J connectivity index is 2.19. The van der Waals surface area contributed by atoms with Crippen LogP contribution in [0.2, 0.25) is 0 Å². The van der Waals surface area contributed by atoms with E-state index in [0.29, 0.717) is 12.2 Å². The van der Waals surface area contributed by atoms with E-state index in [2.05, 4.69) is 21.2 Å². The van der Waals surface area contributed by atoms with Crippen molar-refractivity contribution in [2.24, 2.45) is 0 Å². The number of rotatable bonds is 4. The maximum absolute atomic E-state index is 12.3. The fraction of sp³-hybridized carbons (Fsp3) is 0.188. The van der Waals surface area contributed by atoms with E-state index >= 15 is 0 Å². The molecule has 0 atom stereocenters. The van der Waals surface area contributed by atoms with Crippen LogP contribution < -0.4 is 5.32 Å². The molecule has 20 heavy (non-hydrogen) atoms. The van der Waals surface area contributed by atoms with Gasteiger partial charge in [-0.15, -0.1) is 0 Å². The minimum atomic E-state index is -0.113. The predicted octanol–water partition coefficient (Wildman–Crippen LogP) is 4.16. The van der Waals surface area contributed by atoms with Crippen LogP contribution in [0.3, 0.4) is 0 Å². The number of hydrogen-bond acceptors (Lipinski definition) is 2. The van der Waals surface area contributed by atoms with Crippen LogP contribution in [0.1, 0.15) is 21.5 Å². The average Bonchev–Trinajstić information content (AvgIpc) is 2.42. The fourth-order valence-corrected chi connectivity index (χ4v) is 2.32. The summed E-state index contributed by atoms with van der Waals surface area (Å²) < 4.78 is 6.02. The van der Waals surface area contributed by atoms with Crippen molar-refractivity contribution in [3.8, 4) is 0 Å². The van der Waals surface area contributed by atoms with Crippen molar-refractivity contribution in [2.45, 2.75) is 13.5 Å². The van der Waals surface area contributed by atoms with E-state index in [1.165, 1.54) is 0 Å². The first-order valence-electron chi connectivity index (χ1n) is 6.26. The van der Waals surface area contributed by atoms with Crippen molar-refractivity contribution < 1.29 is 9.53 Å². The van der Waals surface area contributed by atoms with Gasteiger partial charge in [0.15, 0.2) is 0 Å². The van der Waals surface area contributed by atoms with Gasteiger partial charge >= 0.3 is 0 Å². The summed E-state index contributed by atoms with van der Waals surface area (Å²) in [6.07, 6.45) is 0. The average molecular weight is 334 g/mol. The van der Waals surface area contributed by atoms with Gasteiger partial charge in [-0.05, 0) is 42.3 Å². The van der Waals surface area contributed by atoms with Gasteiger partial charge in [0, 0.05) is 22.8 Å². The van der Waals surface area contributed by atoms with E-state index in [4.69, 9.17) is 4.74 Å². The standard InChI is InChI=1S/C16H16BrNO2/c1-11-14(7-4-8-15(11)17)16(19)18-13-6-3-5-12(9-13)10-20-2/h3-9H,10H2,1-2H3,(H,18,19). The zero-order valence-corrected chi connectivity index (χ0v) is 13.0. The molecule has 1 amide bonds. The van der Waals surface area contributed by atoms with E-state index in [-0.39, 0.29) is 5.91 Å². The first-order valence-corrected chi connectivity index (χ1v) is 7.05. The molecule has 0 bridgehead atoms.